The summed E-state index contributed by atoms with van der Waals surface area (Å²) in [4.78, 5) is 26.0. The van der Waals surface area contributed by atoms with Gasteiger partial charge in [-0.1, -0.05) is 18.2 Å². The van der Waals surface area contributed by atoms with Gasteiger partial charge in [-0.15, -0.1) is 0 Å². The summed E-state index contributed by atoms with van der Waals surface area (Å²) in [7, 11) is 4.85. The smallest absolute Gasteiger partial charge is 0.253 e. The van der Waals surface area contributed by atoms with Gasteiger partial charge in [-0.25, -0.2) is 0 Å². The van der Waals surface area contributed by atoms with Gasteiger partial charge in [0.1, 0.15) is 11.5 Å². The zero-order valence-corrected chi connectivity index (χ0v) is 16.0. The minimum absolute atomic E-state index is 0.158. The van der Waals surface area contributed by atoms with Crippen molar-refractivity contribution in [2.75, 3.05) is 33.1 Å². The van der Waals surface area contributed by atoms with E-state index in [9.17, 15) is 9.59 Å². The first-order chi connectivity index (χ1) is 13.0. The molecule has 2 rings (SSSR count). The number of amides is 2. The van der Waals surface area contributed by atoms with Crippen LogP contribution in [0.5, 0.6) is 11.5 Å². The molecule has 6 heteroatoms. The number of ether oxygens (including phenoxy) is 2. The van der Waals surface area contributed by atoms with Gasteiger partial charge in [0.15, 0.2) is 0 Å². The predicted octanol–water partition coefficient (Wildman–Crippen LogP) is 3.45. The number of nitrogens with one attached hydrogen (secondary N) is 1. The molecule has 0 spiro atoms. The summed E-state index contributed by atoms with van der Waals surface area (Å²) in [6, 6.07) is 12.4. The zero-order valence-electron chi connectivity index (χ0n) is 16.0. The van der Waals surface area contributed by atoms with Crippen LogP contribution in [0.4, 0.5) is 5.69 Å². The Morgan fingerprint density at radius 3 is 2.52 bits per heavy atom. The SMILES string of the molecule is CCOc1ccccc1C=CC(=O)Nc1cc(C(=O)N(C)C)ccc1OC. The molecule has 0 aliphatic carbocycles. The molecule has 0 aliphatic rings. The molecule has 0 fully saturated rings. The van der Waals surface area contributed by atoms with E-state index in [-0.39, 0.29) is 11.8 Å². The van der Waals surface area contributed by atoms with Crippen LogP contribution < -0.4 is 14.8 Å². The summed E-state index contributed by atoms with van der Waals surface area (Å²) in [5.41, 5.74) is 1.69. The van der Waals surface area contributed by atoms with Gasteiger partial charge in [0.25, 0.3) is 5.91 Å². The molecular formula is C21H24N2O4. The van der Waals surface area contributed by atoms with Crippen molar-refractivity contribution >= 4 is 23.6 Å². The molecule has 0 aromatic heterocycles. The second-order valence-corrected chi connectivity index (χ2v) is 5.91. The van der Waals surface area contributed by atoms with Crippen LogP contribution in [0.25, 0.3) is 6.08 Å². The number of benzene rings is 2. The average Bonchev–Trinajstić information content (AvgIpc) is 2.66. The van der Waals surface area contributed by atoms with Crippen molar-refractivity contribution in [3.63, 3.8) is 0 Å². The lowest BCUT2D eigenvalue weighted by Gasteiger charge is -2.14. The van der Waals surface area contributed by atoms with Gasteiger partial charge in [0.2, 0.25) is 5.91 Å². The molecule has 6 nitrogen and oxygen atoms in total. The molecule has 27 heavy (non-hydrogen) atoms. The highest BCUT2D eigenvalue weighted by Gasteiger charge is 2.13. The van der Waals surface area contributed by atoms with Gasteiger partial charge < -0.3 is 19.7 Å². The Hall–Kier alpha value is -3.28. The van der Waals surface area contributed by atoms with E-state index >= 15 is 0 Å². The third kappa shape index (κ3) is 5.34. The molecule has 2 amide bonds. The number of nitrogens with zero attached hydrogens (tertiary/aromatic N) is 1. The van der Waals surface area contributed by atoms with Gasteiger partial charge in [0, 0.05) is 31.3 Å². The van der Waals surface area contributed by atoms with E-state index in [0.717, 1.165) is 5.56 Å². The Balaban J connectivity index is 2.20. The molecule has 0 atom stereocenters. The minimum Gasteiger partial charge on any atom is -0.495 e. The highest BCUT2D eigenvalue weighted by atomic mass is 16.5. The highest BCUT2D eigenvalue weighted by molar-refractivity contribution is 6.04. The Labute approximate surface area is 159 Å². The van der Waals surface area contributed by atoms with Crippen LogP contribution in [0.2, 0.25) is 0 Å². The molecule has 0 unspecified atom stereocenters. The minimum atomic E-state index is -0.339. The number of para-hydroxylation sites is 1. The van der Waals surface area contributed by atoms with E-state index in [1.54, 1.807) is 38.4 Å². The first-order valence-corrected chi connectivity index (χ1v) is 8.56. The topological polar surface area (TPSA) is 67.9 Å². The number of carbonyl (C=O) groups excluding carboxylic acids is 2. The molecule has 0 heterocycles. The fourth-order valence-electron chi connectivity index (χ4n) is 2.44. The maximum Gasteiger partial charge on any atom is 0.253 e. The normalized spacial score (nSPS) is 10.5. The third-order valence-corrected chi connectivity index (χ3v) is 3.74. The maximum atomic E-state index is 12.3. The van der Waals surface area contributed by atoms with E-state index < -0.39 is 0 Å². The van der Waals surface area contributed by atoms with Gasteiger partial charge >= 0.3 is 0 Å². The lowest BCUT2D eigenvalue weighted by Crippen LogP contribution is -2.22. The predicted molar refractivity (Wildman–Crippen MR) is 106 cm³/mol. The number of hydrogen-bond acceptors (Lipinski definition) is 4. The molecule has 2 aromatic rings. The Morgan fingerprint density at radius 2 is 1.85 bits per heavy atom. The molecule has 0 radical (unpaired) electrons. The van der Waals surface area contributed by atoms with Gasteiger partial charge in [-0.2, -0.15) is 0 Å². The number of hydrogen-bond donors (Lipinski definition) is 1. The van der Waals surface area contributed by atoms with Crippen molar-refractivity contribution in [3.8, 4) is 11.5 Å². The van der Waals surface area contributed by atoms with Crippen LogP contribution in [0.15, 0.2) is 48.5 Å². The third-order valence-electron chi connectivity index (χ3n) is 3.74. The van der Waals surface area contributed by atoms with Crippen LogP contribution >= 0.6 is 0 Å². The summed E-state index contributed by atoms with van der Waals surface area (Å²) in [6.07, 6.45) is 3.10. The fourth-order valence-corrected chi connectivity index (χ4v) is 2.44. The van der Waals surface area contributed by atoms with Crippen LogP contribution in [-0.2, 0) is 4.79 Å². The van der Waals surface area contributed by atoms with E-state index in [2.05, 4.69) is 5.32 Å². The van der Waals surface area contributed by atoms with E-state index in [1.165, 1.54) is 18.1 Å². The maximum absolute atomic E-state index is 12.3. The van der Waals surface area contributed by atoms with E-state index in [0.29, 0.717) is 29.4 Å². The van der Waals surface area contributed by atoms with Crippen molar-refractivity contribution in [1.82, 2.24) is 4.90 Å². The van der Waals surface area contributed by atoms with Gasteiger partial charge in [-0.05, 0) is 37.3 Å². The summed E-state index contributed by atoms with van der Waals surface area (Å²) >= 11 is 0. The van der Waals surface area contributed by atoms with Gasteiger partial charge in [-0.3, -0.25) is 9.59 Å². The summed E-state index contributed by atoms with van der Waals surface area (Å²) in [5.74, 6) is 0.686. The van der Waals surface area contributed by atoms with Gasteiger partial charge in [0.05, 0.1) is 19.4 Å². The second-order valence-electron chi connectivity index (χ2n) is 5.91. The van der Waals surface area contributed by atoms with Crippen molar-refractivity contribution in [1.29, 1.82) is 0 Å². The summed E-state index contributed by atoms with van der Waals surface area (Å²) < 4.78 is 10.8. The second kappa shape index (κ2) is 9.43. The molecule has 0 aliphatic heterocycles. The van der Waals surface area contributed by atoms with Crippen LogP contribution in [-0.4, -0.2) is 44.5 Å². The molecule has 1 N–H and O–H groups in total. The van der Waals surface area contributed by atoms with Crippen molar-refractivity contribution in [2.24, 2.45) is 0 Å². The Kier molecular flexibility index (Phi) is 7.00. The van der Waals surface area contributed by atoms with Crippen LogP contribution in [0, 0.1) is 0 Å². The number of methoxy groups -OCH3 is 1. The van der Waals surface area contributed by atoms with Crippen molar-refractivity contribution < 1.29 is 19.1 Å². The van der Waals surface area contributed by atoms with Crippen LogP contribution in [0.1, 0.15) is 22.8 Å². The molecule has 2 aromatic carbocycles. The molecule has 142 valence electrons. The lowest BCUT2D eigenvalue weighted by atomic mass is 10.1. The number of rotatable bonds is 7. The fraction of sp³-hybridized carbons (Fsp3) is 0.238. The molecule has 0 saturated carbocycles. The molecular weight excluding hydrogens is 344 g/mol. The van der Waals surface area contributed by atoms with E-state index in [4.69, 9.17) is 9.47 Å². The van der Waals surface area contributed by atoms with Crippen molar-refractivity contribution in [3.05, 3.63) is 59.7 Å². The zero-order chi connectivity index (χ0) is 19.8. The first kappa shape index (κ1) is 20.0. The number of carbonyl (C=O) groups is 2. The standard InChI is InChI=1S/C21H24N2O4/c1-5-27-18-9-7-6-8-15(18)11-13-20(24)22-17-14-16(21(25)23(2)3)10-12-19(17)26-4/h6-14H,5H2,1-4H3,(H,22,24). The molecule has 0 saturated heterocycles. The Morgan fingerprint density at radius 1 is 1.11 bits per heavy atom. The van der Waals surface area contributed by atoms with E-state index in [1.807, 2.05) is 31.2 Å². The largest absolute Gasteiger partial charge is 0.495 e. The summed E-state index contributed by atoms with van der Waals surface area (Å²) in [5, 5.41) is 2.76. The first-order valence-electron chi connectivity index (χ1n) is 8.56. The monoisotopic (exact) mass is 368 g/mol. The Bertz CT molecular complexity index is 844. The lowest BCUT2D eigenvalue weighted by molar-refractivity contribution is -0.111. The van der Waals surface area contributed by atoms with Crippen molar-refractivity contribution in [2.45, 2.75) is 6.92 Å². The number of anilines is 1. The van der Waals surface area contributed by atoms with Crippen LogP contribution in [0.3, 0.4) is 0 Å². The quantitative estimate of drug-likeness (QED) is 0.760. The summed E-state index contributed by atoms with van der Waals surface area (Å²) in [6.45, 7) is 2.45. The average molecular weight is 368 g/mol. The highest BCUT2D eigenvalue weighted by Crippen LogP contribution is 2.26. The molecule has 0 bridgehead atoms.